The summed E-state index contributed by atoms with van der Waals surface area (Å²) in [5.41, 5.74) is 3.97. The van der Waals surface area contributed by atoms with E-state index in [0.29, 0.717) is 17.0 Å². The van der Waals surface area contributed by atoms with Crippen molar-refractivity contribution in [2.45, 2.75) is 18.4 Å². The van der Waals surface area contributed by atoms with Crippen molar-refractivity contribution in [3.8, 4) is 0 Å². The van der Waals surface area contributed by atoms with E-state index < -0.39 is 0 Å². The van der Waals surface area contributed by atoms with E-state index in [4.69, 9.17) is 23.2 Å². The molecule has 2 atom stereocenters. The Hall–Kier alpha value is -1.02. The van der Waals surface area contributed by atoms with Crippen LogP contribution in [0.25, 0.3) is 0 Å². The van der Waals surface area contributed by atoms with Crippen molar-refractivity contribution in [3.63, 3.8) is 0 Å². The average Bonchev–Trinajstić information content (AvgIpc) is 2.78. The maximum Gasteiger partial charge on any atom is 0.0459 e. The van der Waals surface area contributed by atoms with Gasteiger partial charge in [0, 0.05) is 22.0 Å². The Labute approximate surface area is 130 Å². The molecule has 1 aliphatic carbocycles. The number of nitrogens with zero attached hydrogens (tertiary/aromatic N) is 1. The van der Waals surface area contributed by atoms with E-state index in [2.05, 4.69) is 49.3 Å². The van der Waals surface area contributed by atoms with E-state index in [1.54, 1.807) is 0 Å². The molecule has 2 aromatic carbocycles. The smallest absolute Gasteiger partial charge is 0.0459 e. The molecule has 0 N–H and O–H groups in total. The number of fused-ring (bicyclic) bond motifs is 1. The first-order chi connectivity index (χ1) is 9.58. The fourth-order valence-corrected chi connectivity index (χ4v) is 3.72. The van der Waals surface area contributed by atoms with Crippen LogP contribution in [0, 0.1) is 0 Å². The summed E-state index contributed by atoms with van der Waals surface area (Å²) in [6.07, 6.45) is 1.06. The summed E-state index contributed by atoms with van der Waals surface area (Å²) in [6, 6.07) is 14.9. The topological polar surface area (TPSA) is 3.24 Å². The quantitative estimate of drug-likeness (QED) is 0.743. The number of hydrogen-bond donors (Lipinski definition) is 0. The highest BCUT2D eigenvalue weighted by atomic mass is 35.5. The van der Waals surface area contributed by atoms with Crippen LogP contribution in [-0.4, -0.2) is 19.0 Å². The Kier molecular flexibility index (Phi) is 3.76. The lowest BCUT2D eigenvalue weighted by Crippen LogP contribution is -2.17. The fraction of sp³-hybridized carbons (Fsp3) is 0.294. The molecule has 1 nitrogen and oxygen atoms in total. The molecule has 0 amide bonds. The van der Waals surface area contributed by atoms with Gasteiger partial charge in [-0.05, 0) is 49.3 Å². The molecule has 0 radical (unpaired) electrons. The van der Waals surface area contributed by atoms with E-state index in [-0.39, 0.29) is 0 Å². The maximum atomic E-state index is 6.41. The predicted octanol–water partition coefficient (Wildman–Crippen LogP) is 5.13. The molecule has 104 valence electrons. The molecular weight excluding hydrogens is 289 g/mol. The highest BCUT2D eigenvalue weighted by Crippen LogP contribution is 2.47. The van der Waals surface area contributed by atoms with Crippen LogP contribution in [-0.2, 0) is 0 Å². The van der Waals surface area contributed by atoms with Gasteiger partial charge in [-0.25, -0.2) is 0 Å². The van der Waals surface area contributed by atoms with Gasteiger partial charge in [0.2, 0.25) is 0 Å². The van der Waals surface area contributed by atoms with Crippen LogP contribution in [0.4, 0.5) is 0 Å². The van der Waals surface area contributed by atoms with Gasteiger partial charge >= 0.3 is 0 Å². The van der Waals surface area contributed by atoms with E-state index in [0.717, 1.165) is 11.4 Å². The molecule has 0 aromatic heterocycles. The Morgan fingerprint density at radius 2 is 1.65 bits per heavy atom. The molecule has 0 saturated carbocycles. The van der Waals surface area contributed by atoms with Crippen LogP contribution in [0.1, 0.15) is 35.1 Å². The van der Waals surface area contributed by atoms with Gasteiger partial charge in [-0.2, -0.15) is 0 Å². The Bertz CT molecular complexity index is 637. The van der Waals surface area contributed by atoms with Crippen LogP contribution in [0.2, 0.25) is 10.0 Å². The molecule has 1 aliphatic rings. The minimum absolute atomic E-state index is 0.350. The van der Waals surface area contributed by atoms with Crippen molar-refractivity contribution < 1.29 is 0 Å². The van der Waals surface area contributed by atoms with E-state index in [1.165, 1.54) is 16.7 Å². The molecule has 0 heterocycles. The predicted molar refractivity (Wildman–Crippen MR) is 85.8 cm³/mol. The summed E-state index contributed by atoms with van der Waals surface area (Å²) in [7, 11) is 4.26. The molecule has 0 fully saturated rings. The lowest BCUT2D eigenvalue weighted by molar-refractivity contribution is 0.293. The molecule has 0 unspecified atom stereocenters. The molecule has 0 bridgehead atoms. The summed E-state index contributed by atoms with van der Waals surface area (Å²) >= 11 is 12.4. The van der Waals surface area contributed by atoms with Crippen molar-refractivity contribution in [1.82, 2.24) is 4.90 Å². The minimum Gasteiger partial charge on any atom is -0.302 e. The van der Waals surface area contributed by atoms with E-state index in [1.807, 2.05) is 12.1 Å². The zero-order valence-electron chi connectivity index (χ0n) is 11.6. The number of halogens is 2. The van der Waals surface area contributed by atoms with Gasteiger partial charge in [-0.1, -0.05) is 53.5 Å². The second-order valence-electron chi connectivity index (χ2n) is 5.56. The number of benzene rings is 2. The first kappa shape index (κ1) is 13.9. The lowest BCUT2D eigenvalue weighted by Gasteiger charge is -2.20. The standard InChI is InChI=1S/C17H17Cl2N/c1-20(2)17-10-15(12-5-3-4-6-14(12)17)13-8-7-11(18)9-16(13)19/h3-9,15,17H,10H2,1-2H3/t15-,17-/m1/s1. The molecular formula is C17H17Cl2N. The molecule has 2 aromatic rings. The van der Waals surface area contributed by atoms with Crippen molar-refractivity contribution >= 4 is 23.2 Å². The SMILES string of the molecule is CN(C)[C@@H]1C[C@@H](c2ccc(Cl)cc2Cl)c2ccccc21. The normalized spacial score (nSPS) is 21.2. The van der Waals surface area contributed by atoms with Crippen LogP contribution in [0.3, 0.4) is 0 Å². The van der Waals surface area contributed by atoms with Crippen LogP contribution in [0.15, 0.2) is 42.5 Å². The zero-order valence-corrected chi connectivity index (χ0v) is 13.1. The van der Waals surface area contributed by atoms with Gasteiger partial charge in [0.25, 0.3) is 0 Å². The first-order valence-electron chi connectivity index (χ1n) is 6.78. The van der Waals surface area contributed by atoms with Crippen molar-refractivity contribution in [2.75, 3.05) is 14.1 Å². The second-order valence-corrected chi connectivity index (χ2v) is 6.41. The Balaban J connectivity index is 2.08. The van der Waals surface area contributed by atoms with Gasteiger partial charge in [-0.15, -0.1) is 0 Å². The highest BCUT2D eigenvalue weighted by molar-refractivity contribution is 6.35. The van der Waals surface area contributed by atoms with E-state index >= 15 is 0 Å². The largest absolute Gasteiger partial charge is 0.302 e. The summed E-state index contributed by atoms with van der Waals surface area (Å²) in [6.45, 7) is 0. The van der Waals surface area contributed by atoms with Gasteiger partial charge in [0.1, 0.15) is 0 Å². The van der Waals surface area contributed by atoms with Gasteiger partial charge in [0.15, 0.2) is 0 Å². The molecule has 20 heavy (non-hydrogen) atoms. The minimum atomic E-state index is 0.350. The third-order valence-corrected chi connectivity index (χ3v) is 4.71. The second kappa shape index (κ2) is 5.40. The number of hydrogen-bond acceptors (Lipinski definition) is 1. The van der Waals surface area contributed by atoms with Crippen molar-refractivity contribution in [2.24, 2.45) is 0 Å². The van der Waals surface area contributed by atoms with Crippen LogP contribution < -0.4 is 0 Å². The Morgan fingerprint density at radius 1 is 0.950 bits per heavy atom. The third-order valence-electron chi connectivity index (χ3n) is 4.15. The summed E-state index contributed by atoms with van der Waals surface area (Å²) in [5, 5.41) is 1.45. The summed E-state index contributed by atoms with van der Waals surface area (Å²) < 4.78 is 0. The van der Waals surface area contributed by atoms with Crippen molar-refractivity contribution in [1.29, 1.82) is 0 Å². The highest BCUT2D eigenvalue weighted by Gasteiger charge is 2.33. The molecule has 0 aliphatic heterocycles. The Morgan fingerprint density at radius 3 is 2.30 bits per heavy atom. The van der Waals surface area contributed by atoms with Gasteiger partial charge < -0.3 is 4.90 Å². The van der Waals surface area contributed by atoms with Gasteiger partial charge in [-0.3, -0.25) is 0 Å². The maximum absolute atomic E-state index is 6.41. The van der Waals surface area contributed by atoms with Gasteiger partial charge in [0.05, 0.1) is 0 Å². The molecule has 0 saturated heterocycles. The van der Waals surface area contributed by atoms with E-state index in [9.17, 15) is 0 Å². The monoisotopic (exact) mass is 305 g/mol. The van der Waals surface area contributed by atoms with Crippen LogP contribution in [0.5, 0.6) is 0 Å². The van der Waals surface area contributed by atoms with Crippen LogP contribution >= 0.6 is 23.2 Å². The molecule has 3 rings (SSSR count). The summed E-state index contributed by atoms with van der Waals surface area (Å²) in [5.74, 6) is 0.350. The molecule has 0 spiro atoms. The first-order valence-corrected chi connectivity index (χ1v) is 7.53. The summed E-state index contributed by atoms with van der Waals surface area (Å²) in [4.78, 5) is 2.28. The fourth-order valence-electron chi connectivity index (χ4n) is 3.18. The lowest BCUT2D eigenvalue weighted by atomic mass is 9.93. The van der Waals surface area contributed by atoms with Crippen molar-refractivity contribution in [3.05, 3.63) is 69.2 Å². The third kappa shape index (κ3) is 2.35. The zero-order chi connectivity index (χ0) is 14.3. The molecule has 3 heteroatoms. The average molecular weight is 306 g/mol. The number of rotatable bonds is 2.